The van der Waals surface area contributed by atoms with Crippen LogP contribution in [0.3, 0.4) is 0 Å². The molecule has 0 heterocycles. The molecule has 0 saturated carbocycles. The number of aromatic carboxylic acids is 1. The first-order valence-electron chi connectivity index (χ1n) is 3.63. The van der Waals surface area contributed by atoms with Crippen molar-refractivity contribution in [1.82, 2.24) is 0 Å². The van der Waals surface area contributed by atoms with E-state index in [1.165, 1.54) is 18.2 Å². The van der Waals surface area contributed by atoms with Crippen LogP contribution < -0.4 is 11.1 Å². The summed E-state index contributed by atoms with van der Waals surface area (Å²) in [6, 6.07) is 3.78. The van der Waals surface area contributed by atoms with Gasteiger partial charge in [0.2, 0.25) is 0 Å². The van der Waals surface area contributed by atoms with Crippen molar-refractivity contribution >= 4 is 29.0 Å². The first-order valence-corrected chi connectivity index (χ1v) is 4.04. The number of aromatic hydroxyl groups is 1. The second kappa shape index (κ2) is 3.93. The number of carboxylic acid groups (broad SMARTS) is 1. The van der Waals surface area contributed by atoms with Gasteiger partial charge in [0.25, 0.3) is 0 Å². The summed E-state index contributed by atoms with van der Waals surface area (Å²) in [7, 11) is 0. The number of thiocarbonyl (C=S) groups is 1. The average Bonchev–Trinajstić information content (AvgIpc) is 2.07. The van der Waals surface area contributed by atoms with E-state index >= 15 is 0 Å². The lowest BCUT2D eigenvalue weighted by Gasteiger charge is -2.06. The molecule has 0 bridgehead atoms. The van der Waals surface area contributed by atoms with Gasteiger partial charge in [-0.2, -0.15) is 0 Å². The topological polar surface area (TPSA) is 95.6 Å². The van der Waals surface area contributed by atoms with Crippen molar-refractivity contribution in [3.8, 4) is 5.75 Å². The number of hydrogen-bond donors (Lipinski definition) is 4. The molecule has 0 radical (unpaired) electrons. The van der Waals surface area contributed by atoms with Crippen LogP contribution in [0.25, 0.3) is 0 Å². The lowest BCUT2D eigenvalue weighted by molar-refractivity contribution is 0.0697. The fourth-order valence-corrected chi connectivity index (χ4v) is 1.01. The summed E-state index contributed by atoms with van der Waals surface area (Å²) in [5, 5.41) is 20.4. The van der Waals surface area contributed by atoms with Gasteiger partial charge in [0.1, 0.15) is 5.75 Å². The highest BCUT2D eigenvalue weighted by atomic mass is 32.1. The number of carboxylic acids is 1. The number of hydrogen-bond acceptors (Lipinski definition) is 3. The van der Waals surface area contributed by atoms with Crippen LogP contribution >= 0.6 is 12.2 Å². The van der Waals surface area contributed by atoms with Crippen molar-refractivity contribution in [3.05, 3.63) is 23.8 Å². The number of carbonyl (C=O) groups is 1. The molecule has 0 unspecified atom stereocenters. The molecule has 0 fully saturated rings. The molecule has 0 aliphatic carbocycles. The third-order valence-corrected chi connectivity index (χ3v) is 1.60. The lowest BCUT2D eigenvalue weighted by atomic mass is 10.2. The van der Waals surface area contributed by atoms with Gasteiger partial charge >= 0.3 is 5.97 Å². The molecule has 0 atom stereocenters. The van der Waals surface area contributed by atoms with E-state index in [2.05, 4.69) is 17.5 Å². The molecule has 0 amide bonds. The Kier molecular flexibility index (Phi) is 2.88. The second-order valence-electron chi connectivity index (χ2n) is 2.53. The van der Waals surface area contributed by atoms with Gasteiger partial charge in [-0.3, -0.25) is 0 Å². The van der Waals surface area contributed by atoms with Gasteiger partial charge in [-0.1, -0.05) is 0 Å². The maximum atomic E-state index is 10.6. The first kappa shape index (κ1) is 10.3. The largest absolute Gasteiger partial charge is 0.506 e. The summed E-state index contributed by atoms with van der Waals surface area (Å²) >= 11 is 4.55. The number of phenolic OH excluding ortho intramolecular Hbond substituents is 1. The van der Waals surface area contributed by atoms with Crippen molar-refractivity contribution in [2.45, 2.75) is 0 Å². The zero-order valence-corrected chi connectivity index (χ0v) is 7.84. The summed E-state index contributed by atoms with van der Waals surface area (Å²) < 4.78 is 0. The molecule has 0 aliphatic heterocycles. The molecule has 6 heteroatoms. The normalized spacial score (nSPS) is 9.43. The highest BCUT2D eigenvalue weighted by Gasteiger charge is 2.07. The number of benzene rings is 1. The van der Waals surface area contributed by atoms with Gasteiger partial charge in [-0.15, -0.1) is 0 Å². The van der Waals surface area contributed by atoms with Crippen molar-refractivity contribution in [1.29, 1.82) is 0 Å². The van der Waals surface area contributed by atoms with Crippen molar-refractivity contribution in [2.75, 3.05) is 5.32 Å². The molecule has 0 spiro atoms. The highest BCUT2D eigenvalue weighted by Crippen LogP contribution is 2.23. The number of anilines is 1. The van der Waals surface area contributed by atoms with Gasteiger partial charge in [0, 0.05) is 0 Å². The molecule has 5 N–H and O–H groups in total. The number of nitrogens with one attached hydrogen (secondary N) is 1. The monoisotopic (exact) mass is 212 g/mol. The Bertz CT molecular complexity index is 392. The Balaban J connectivity index is 3.08. The van der Waals surface area contributed by atoms with Gasteiger partial charge in [-0.05, 0) is 30.4 Å². The molecule has 5 nitrogen and oxygen atoms in total. The lowest BCUT2D eigenvalue weighted by Crippen LogP contribution is -2.19. The Morgan fingerprint density at radius 1 is 1.50 bits per heavy atom. The molecule has 74 valence electrons. The maximum Gasteiger partial charge on any atom is 0.335 e. The third kappa shape index (κ3) is 2.33. The highest BCUT2D eigenvalue weighted by molar-refractivity contribution is 7.80. The van der Waals surface area contributed by atoms with Gasteiger partial charge in [-0.25, -0.2) is 4.79 Å². The molecule has 14 heavy (non-hydrogen) atoms. The number of rotatable bonds is 2. The van der Waals surface area contributed by atoms with E-state index in [1.54, 1.807) is 0 Å². The third-order valence-electron chi connectivity index (χ3n) is 1.50. The zero-order valence-electron chi connectivity index (χ0n) is 7.02. The minimum absolute atomic E-state index is 0.0390. The quantitative estimate of drug-likeness (QED) is 0.426. The van der Waals surface area contributed by atoms with Crippen molar-refractivity contribution < 1.29 is 15.0 Å². The zero-order chi connectivity index (χ0) is 10.7. The van der Waals surface area contributed by atoms with E-state index in [-0.39, 0.29) is 22.1 Å². The smallest absolute Gasteiger partial charge is 0.335 e. The molecule has 1 aromatic carbocycles. The second-order valence-corrected chi connectivity index (χ2v) is 2.97. The van der Waals surface area contributed by atoms with E-state index < -0.39 is 5.97 Å². The molecule has 1 rings (SSSR count). The SMILES string of the molecule is NC(=S)Nc1cc(C(=O)O)ccc1O. The van der Waals surface area contributed by atoms with E-state index in [0.717, 1.165) is 0 Å². The Morgan fingerprint density at radius 3 is 2.64 bits per heavy atom. The molecule has 1 aromatic rings. The molecular formula is C8H8N2O3S. The number of nitrogens with two attached hydrogens (primary N) is 1. The van der Waals surface area contributed by atoms with Crippen LogP contribution in [0.2, 0.25) is 0 Å². The fourth-order valence-electron chi connectivity index (χ4n) is 0.902. The van der Waals surface area contributed by atoms with Crippen LogP contribution in [0.1, 0.15) is 10.4 Å². The van der Waals surface area contributed by atoms with Gasteiger partial charge in [0.05, 0.1) is 11.3 Å². The van der Waals surface area contributed by atoms with Gasteiger partial charge in [0.15, 0.2) is 5.11 Å². The Hall–Kier alpha value is -1.82. The van der Waals surface area contributed by atoms with E-state index in [0.29, 0.717) is 0 Å². The molecule has 0 aliphatic rings. The summed E-state index contributed by atoms with van der Waals surface area (Å²) in [5.74, 6) is -1.20. The molecule has 0 aromatic heterocycles. The fraction of sp³-hybridized carbons (Fsp3) is 0. The summed E-state index contributed by atoms with van der Waals surface area (Å²) in [6.45, 7) is 0. The van der Waals surface area contributed by atoms with Gasteiger partial charge < -0.3 is 21.3 Å². The van der Waals surface area contributed by atoms with Crippen molar-refractivity contribution in [2.24, 2.45) is 5.73 Å². The van der Waals surface area contributed by atoms with E-state index in [1.807, 2.05) is 0 Å². The minimum atomic E-state index is -1.09. The van der Waals surface area contributed by atoms with Crippen LogP contribution in [0.5, 0.6) is 5.75 Å². The minimum Gasteiger partial charge on any atom is -0.506 e. The van der Waals surface area contributed by atoms with Crippen LogP contribution in [0, 0.1) is 0 Å². The predicted octanol–water partition coefficient (Wildman–Crippen LogP) is 0.746. The Morgan fingerprint density at radius 2 is 2.14 bits per heavy atom. The van der Waals surface area contributed by atoms with Crippen LogP contribution in [0.4, 0.5) is 5.69 Å². The average molecular weight is 212 g/mol. The van der Waals surface area contributed by atoms with Crippen LogP contribution in [-0.4, -0.2) is 21.3 Å². The Labute approximate surface area is 85.2 Å². The van der Waals surface area contributed by atoms with Crippen LogP contribution in [-0.2, 0) is 0 Å². The summed E-state index contributed by atoms with van der Waals surface area (Å²) in [5.41, 5.74) is 5.40. The first-order chi connectivity index (χ1) is 6.50. The van der Waals surface area contributed by atoms with E-state index in [9.17, 15) is 9.90 Å². The summed E-state index contributed by atoms with van der Waals surface area (Å²) in [4.78, 5) is 10.6. The maximum absolute atomic E-state index is 10.6. The predicted molar refractivity (Wildman–Crippen MR) is 55.5 cm³/mol. The standard InChI is InChI=1S/C8H8N2O3S/c9-8(14)10-5-3-4(7(12)13)1-2-6(5)11/h1-3,11H,(H,12,13)(H3,9,10,14). The molecular weight excluding hydrogens is 204 g/mol. The van der Waals surface area contributed by atoms with E-state index in [4.69, 9.17) is 10.8 Å². The molecule has 0 saturated heterocycles. The van der Waals surface area contributed by atoms with Crippen molar-refractivity contribution in [3.63, 3.8) is 0 Å². The van der Waals surface area contributed by atoms with Crippen LogP contribution in [0.15, 0.2) is 18.2 Å². The summed E-state index contributed by atoms with van der Waals surface area (Å²) in [6.07, 6.45) is 0. The number of phenols is 1.